The monoisotopic (exact) mass is 220 g/mol. The van der Waals surface area contributed by atoms with Gasteiger partial charge in [-0.3, -0.25) is 0 Å². The summed E-state index contributed by atoms with van der Waals surface area (Å²) < 4.78 is 0. The van der Waals surface area contributed by atoms with E-state index in [2.05, 4.69) is 52.8 Å². The first-order valence-corrected chi connectivity index (χ1v) is 6.50. The third-order valence-electron chi connectivity index (χ3n) is 2.68. The molecule has 0 heteroatoms. The summed E-state index contributed by atoms with van der Waals surface area (Å²) in [6, 6.07) is 0. The van der Waals surface area contributed by atoms with E-state index in [0.29, 0.717) is 0 Å². The van der Waals surface area contributed by atoms with E-state index in [4.69, 9.17) is 0 Å². The highest BCUT2D eigenvalue weighted by molar-refractivity contribution is 5.05. The SMILES string of the molecule is CCC=C(C)CC/C=C(\C)CCC=C(C)C. The molecule has 0 radical (unpaired) electrons. The Hall–Kier alpha value is -0.780. The van der Waals surface area contributed by atoms with Crippen molar-refractivity contribution in [3.05, 3.63) is 34.9 Å². The molecule has 0 rings (SSSR count). The summed E-state index contributed by atoms with van der Waals surface area (Å²) in [5.74, 6) is 0. The van der Waals surface area contributed by atoms with Crippen molar-refractivity contribution >= 4 is 0 Å². The Bertz CT molecular complexity index is 260. The van der Waals surface area contributed by atoms with Crippen molar-refractivity contribution in [2.24, 2.45) is 0 Å². The van der Waals surface area contributed by atoms with E-state index < -0.39 is 0 Å². The van der Waals surface area contributed by atoms with E-state index in [0.717, 1.165) is 6.42 Å². The number of hydrogen-bond acceptors (Lipinski definition) is 0. The van der Waals surface area contributed by atoms with Gasteiger partial charge in [0.05, 0.1) is 0 Å². The maximum atomic E-state index is 2.39. The summed E-state index contributed by atoms with van der Waals surface area (Å²) in [5, 5.41) is 0. The van der Waals surface area contributed by atoms with Crippen molar-refractivity contribution in [3.63, 3.8) is 0 Å². The van der Waals surface area contributed by atoms with Gasteiger partial charge in [0.25, 0.3) is 0 Å². The molecule has 0 aliphatic heterocycles. The first-order chi connectivity index (χ1) is 7.56. The van der Waals surface area contributed by atoms with Gasteiger partial charge < -0.3 is 0 Å². The maximum Gasteiger partial charge on any atom is -0.0288 e. The fourth-order valence-corrected chi connectivity index (χ4v) is 1.69. The Morgan fingerprint density at radius 3 is 1.75 bits per heavy atom. The summed E-state index contributed by atoms with van der Waals surface area (Å²) in [6.07, 6.45) is 13.0. The highest BCUT2D eigenvalue weighted by atomic mass is 14.0. The number of rotatable bonds is 7. The van der Waals surface area contributed by atoms with Crippen molar-refractivity contribution < 1.29 is 0 Å². The van der Waals surface area contributed by atoms with Gasteiger partial charge in [0, 0.05) is 0 Å². The molecule has 0 fully saturated rings. The van der Waals surface area contributed by atoms with Crippen molar-refractivity contribution in [2.45, 2.75) is 66.7 Å². The normalized spacial score (nSPS) is 12.8. The molecule has 0 aromatic heterocycles. The zero-order chi connectivity index (χ0) is 12.4. The summed E-state index contributed by atoms with van der Waals surface area (Å²) in [6.45, 7) is 11.0. The number of allylic oxidation sites excluding steroid dienone is 6. The lowest BCUT2D eigenvalue weighted by Gasteiger charge is -2.00. The van der Waals surface area contributed by atoms with E-state index in [1.807, 2.05) is 0 Å². The average molecular weight is 220 g/mol. The van der Waals surface area contributed by atoms with Crippen LogP contribution in [0.25, 0.3) is 0 Å². The Morgan fingerprint density at radius 1 is 0.750 bits per heavy atom. The van der Waals surface area contributed by atoms with Gasteiger partial charge in [0.1, 0.15) is 0 Å². The zero-order valence-corrected chi connectivity index (χ0v) is 11.8. The van der Waals surface area contributed by atoms with E-state index in [1.54, 1.807) is 0 Å². The van der Waals surface area contributed by atoms with Crippen molar-refractivity contribution in [1.29, 1.82) is 0 Å². The molecule has 0 aromatic carbocycles. The second-order valence-corrected chi connectivity index (χ2v) is 4.87. The predicted molar refractivity (Wildman–Crippen MR) is 75.7 cm³/mol. The van der Waals surface area contributed by atoms with Crippen LogP contribution in [0.4, 0.5) is 0 Å². The third kappa shape index (κ3) is 9.76. The minimum absolute atomic E-state index is 1.16. The molecule has 0 aromatic rings. The first-order valence-electron chi connectivity index (χ1n) is 6.50. The second-order valence-electron chi connectivity index (χ2n) is 4.87. The molecule has 0 N–H and O–H groups in total. The average Bonchev–Trinajstić information content (AvgIpc) is 2.17. The van der Waals surface area contributed by atoms with Crippen LogP contribution in [0.1, 0.15) is 66.7 Å². The molecule has 0 spiro atoms. The standard InChI is InChI=1S/C16H28/c1-6-9-15(4)12-8-13-16(5)11-7-10-14(2)3/h9-10,13H,6-8,11-12H2,1-5H3/b15-9?,16-13+. The molecule has 92 valence electrons. The van der Waals surface area contributed by atoms with Crippen molar-refractivity contribution in [2.75, 3.05) is 0 Å². The van der Waals surface area contributed by atoms with Crippen molar-refractivity contribution in [1.82, 2.24) is 0 Å². The lowest BCUT2D eigenvalue weighted by Crippen LogP contribution is -1.80. The molecular formula is C16H28. The maximum absolute atomic E-state index is 2.39. The summed E-state index contributed by atoms with van der Waals surface area (Å²) >= 11 is 0. The lowest BCUT2D eigenvalue weighted by atomic mass is 10.1. The first kappa shape index (κ1) is 15.2. The predicted octanol–water partition coefficient (Wildman–Crippen LogP) is 5.82. The van der Waals surface area contributed by atoms with Gasteiger partial charge in [0.2, 0.25) is 0 Å². The van der Waals surface area contributed by atoms with E-state index in [9.17, 15) is 0 Å². The minimum Gasteiger partial charge on any atom is -0.0859 e. The Balaban J connectivity index is 3.79. The van der Waals surface area contributed by atoms with Gasteiger partial charge in [0.15, 0.2) is 0 Å². The van der Waals surface area contributed by atoms with E-state index in [-0.39, 0.29) is 0 Å². The molecule has 0 bridgehead atoms. The third-order valence-corrected chi connectivity index (χ3v) is 2.68. The Labute approximate surface area is 102 Å². The molecule has 0 aliphatic rings. The van der Waals surface area contributed by atoms with Crippen LogP contribution < -0.4 is 0 Å². The molecule has 0 amide bonds. The van der Waals surface area contributed by atoms with Gasteiger partial charge in [-0.1, -0.05) is 41.9 Å². The fraction of sp³-hybridized carbons (Fsp3) is 0.625. The van der Waals surface area contributed by atoms with Gasteiger partial charge in [-0.2, -0.15) is 0 Å². The van der Waals surface area contributed by atoms with E-state index in [1.165, 1.54) is 42.4 Å². The fourth-order valence-electron chi connectivity index (χ4n) is 1.69. The number of hydrogen-bond donors (Lipinski definition) is 0. The second kappa shape index (κ2) is 9.45. The molecule has 0 saturated carbocycles. The summed E-state index contributed by atoms with van der Waals surface area (Å²) in [4.78, 5) is 0. The topological polar surface area (TPSA) is 0 Å². The van der Waals surface area contributed by atoms with E-state index >= 15 is 0 Å². The molecule has 0 atom stereocenters. The van der Waals surface area contributed by atoms with Gasteiger partial charge in [-0.15, -0.1) is 0 Å². The quantitative estimate of drug-likeness (QED) is 0.474. The highest BCUT2D eigenvalue weighted by Gasteiger charge is 1.91. The minimum atomic E-state index is 1.16. The van der Waals surface area contributed by atoms with Crippen LogP contribution >= 0.6 is 0 Å². The van der Waals surface area contributed by atoms with Crippen LogP contribution in [0.2, 0.25) is 0 Å². The van der Waals surface area contributed by atoms with Crippen molar-refractivity contribution in [3.8, 4) is 0 Å². The van der Waals surface area contributed by atoms with Crippen LogP contribution in [0, 0.1) is 0 Å². The molecule has 16 heavy (non-hydrogen) atoms. The van der Waals surface area contributed by atoms with Crippen LogP contribution in [0.5, 0.6) is 0 Å². The van der Waals surface area contributed by atoms with Crippen LogP contribution in [-0.4, -0.2) is 0 Å². The highest BCUT2D eigenvalue weighted by Crippen LogP contribution is 2.11. The molecular weight excluding hydrogens is 192 g/mol. The zero-order valence-electron chi connectivity index (χ0n) is 11.8. The summed E-state index contributed by atoms with van der Waals surface area (Å²) in [7, 11) is 0. The van der Waals surface area contributed by atoms with Crippen LogP contribution in [0.3, 0.4) is 0 Å². The molecule has 0 heterocycles. The molecule has 0 unspecified atom stereocenters. The van der Waals surface area contributed by atoms with Gasteiger partial charge in [-0.25, -0.2) is 0 Å². The Morgan fingerprint density at radius 2 is 1.25 bits per heavy atom. The van der Waals surface area contributed by atoms with Gasteiger partial charge >= 0.3 is 0 Å². The largest absolute Gasteiger partial charge is 0.0859 e. The Kier molecular flexibility index (Phi) is 8.99. The molecule has 0 aliphatic carbocycles. The van der Waals surface area contributed by atoms with Crippen LogP contribution in [-0.2, 0) is 0 Å². The molecule has 0 saturated heterocycles. The molecule has 0 nitrogen and oxygen atoms in total. The van der Waals surface area contributed by atoms with Gasteiger partial charge in [-0.05, 0) is 59.8 Å². The lowest BCUT2D eigenvalue weighted by molar-refractivity contribution is 0.913. The van der Waals surface area contributed by atoms with Crippen LogP contribution in [0.15, 0.2) is 34.9 Å². The smallest absolute Gasteiger partial charge is 0.0288 e. The summed E-state index contributed by atoms with van der Waals surface area (Å²) in [5.41, 5.74) is 4.48.